The number of hydrogen-bond donors (Lipinski definition) is 0. The fourth-order valence-electron chi connectivity index (χ4n) is 1.78. The zero-order valence-electron chi connectivity index (χ0n) is 11.8. The molecule has 2 aromatic rings. The summed E-state index contributed by atoms with van der Waals surface area (Å²) in [4.78, 5) is 23.0. The highest BCUT2D eigenvalue weighted by Crippen LogP contribution is 2.27. The van der Waals surface area contributed by atoms with E-state index in [0.717, 1.165) is 4.88 Å². The molecular weight excluding hydrogens is 314 g/mol. The predicted octanol–water partition coefficient (Wildman–Crippen LogP) is 2.48. The highest BCUT2D eigenvalue weighted by molar-refractivity contribution is 7.16. The van der Waals surface area contributed by atoms with Crippen LogP contribution in [0.5, 0.6) is 11.8 Å². The van der Waals surface area contributed by atoms with Crippen LogP contribution in [0.3, 0.4) is 0 Å². The summed E-state index contributed by atoms with van der Waals surface area (Å²) in [6.45, 7) is 0.428. The van der Waals surface area contributed by atoms with Gasteiger partial charge in [0.2, 0.25) is 11.8 Å². The van der Waals surface area contributed by atoms with Crippen molar-refractivity contribution >= 4 is 28.8 Å². The highest BCUT2D eigenvalue weighted by Gasteiger charge is 2.24. The Labute approximate surface area is 131 Å². The molecule has 0 N–H and O–H groups in total. The largest absolute Gasteiger partial charge is 0.480 e. The summed E-state index contributed by atoms with van der Waals surface area (Å²) in [5, 5.41) is 0. The molecule has 0 atom stereocenters. The number of carbonyl (C=O) groups is 1. The average Bonchev–Trinajstić information content (AvgIpc) is 2.90. The number of methoxy groups -OCH3 is 2. The monoisotopic (exact) mass is 327 g/mol. The van der Waals surface area contributed by atoms with Gasteiger partial charge in [-0.25, -0.2) is 9.97 Å². The van der Waals surface area contributed by atoms with Crippen LogP contribution in [0, 0.1) is 0 Å². The lowest BCUT2D eigenvalue weighted by Gasteiger charge is -2.18. The first-order valence-corrected chi connectivity index (χ1v) is 7.19. The van der Waals surface area contributed by atoms with Crippen LogP contribution in [-0.2, 0) is 6.54 Å². The van der Waals surface area contributed by atoms with Gasteiger partial charge in [0.05, 0.1) is 25.1 Å². The van der Waals surface area contributed by atoms with Gasteiger partial charge >= 0.3 is 0 Å². The Bertz CT molecular complexity index is 625. The first kappa shape index (κ1) is 15.5. The summed E-state index contributed by atoms with van der Waals surface area (Å²) in [6.07, 6.45) is 1.29. The van der Waals surface area contributed by atoms with E-state index in [4.69, 9.17) is 21.1 Å². The first-order valence-electron chi connectivity index (χ1n) is 5.99. The number of rotatable bonds is 5. The molecule has 6 nitrogen and oxygen atoms in total. The second kappa shape index (κ2) is 6.73. The van der Waals surface area contributed by atoms with Gasteiger partial charge in [0.1, 0.15) is 6.33 Å². The number of thiophene rings is 1. The summed E-state index contributed by atoms with van der Waals surface area (Å²) < 4.78 is 10.9. The van der Waals surface area contributed by atoms with Gasteiger partial charge in [0, 0.05) is 11.9 Å². The van der Waals surface area contributed by atoms with Crippen LogP contribution < -0.4 is 9.47 Å². The van der Waals surface area contributed by atoms with Crippen molar-refractivity contribution in [3.8, 4) is 11.8 Å². The minimum Gasteiger partial charge on any atom is -0.480 e. The predicted molar refractivity (Wildman–Crippen MR) is 80.3 cm³/mol. The second-order valence-electron chi connectivity index (χ2n) is 4.13. The lowest BCUT2D eigenvalue weighted by Crippen LogP contribution is -2.27. The second-order valence-corrected chi connectivity index (χ2v) is 5.93. The molecule has 21 heavy (non-hydrogen) atoms. The minimum absolute atomic E-state index is 0.183. The molecule has 112 valence electrons. The van der Waals surface area contributed by atoms with E-state index in [1.165, 1.54) is 36.8 Å². The molecule has 0 aliphatic rings. The third-order valence-corrected chi connectivity index (χ3v) is 3.96. The SMILES string of the molecule is COc1ncnc(OC)c1C(=O)N(C)Cc1ccc(Cl)s1. The molecule has 0 bridgehead atoms. The molecule has 0 fully saturated rings. The van der Waals surface area contributed by atoms with Crippen molar-refractivity contribution in [2.75, 3.05) is 21.3 Å². The summed E-state index contributed by atoms with van der Waals surface area (Å²) in [5.74, 6) is 0.0830. The molecule has 0 unspecified atom stereocenters. The van der Waals surface area contributed by atoms with Crippen molar-refractivity contribution in [3.05, 3.63) is 33.2 Å². The molecule has 0 aliphatic carbocycles. The number of carbonyl (C=O) groups excluding carboxylic acids is 1. The molecule has 0 saturated heterocycles. The van der Waals surface area contributed by atoms with E-state index in [1.807, 2.05) is 6.07 Å². The maximum absolute atomic E-state index is 12.6. The third-order valence-electron chi connectivity index (χ3n) is 2.75. The molecular formula is C13H14ClN3O3S. The molecule has 0 saturated carbocycles. The average molecular weight is 328 g/mol. The lowest BCUT2D eigenvalue weighted by atomic mass is 10.2. The zero-order chi connectivity index (χ0) is 15.4. The van der Waals surface area contributed by atoms with Crippen LogP contribution in [0.1, 0.15) is 15.2 Å². The number of ether oxygens (including phenoxy) is 2. The normalized spacial score (nSPS) is 10.3. The molecule has 8 heteroatoms. The van der Waals surface area contributed by atoms with Crippen molar-refractivity contribution in [2.45, 2.75) is 6.54 Å². The van der Waals surface area contributed by atoms with Crippen molar-refractivity contribution < 1.29 is 14.3 Å². The van der Waals surface area contributed by atoms with E-state index >= 15 is 0 Å². The van der Waals surface area contributed by atoms with Crippen molar-refractivity contribution in [1.29, 1.82) is 0 Å². The standard InChI is InChI=1S/C13H14ClN3O3S/c1-17(6-8-4-5-9(14)21-8)13(18)10-11(19-2)15-7-16-12(10)20-3/h4-5,7H,6H2,1-3H3. The Morgan fingerprint density at radius 3 is 2.38 bits per heavy atom. The number of amides is 1. The summed E-state index contributed by atoms with van der Waals surface area (Å²) in [6, 6.07) is 3.68. The maximum Gasteiger partial charge on any atom is 0.264 e. The quantitative estimate of drug-likeness (QED) is 0.844. The van der Waals surface area contributed by atoms with E-state index in [9.17, 15) is 4.79 Å². The van der Waals surface area contributed by atoms with Crippen LogP contribution in [0.2, 0.25) is 4.34 Å². The number of halogens is 1. The summed E-state index contributed by atoms with van der Waals surface area (Å²) in [7, 11) is 4.57. The van der Waals surface area contributed by atoms with Crippen molar-refractivity contribution in [3.63, 3.8) is 0 Å². The molecule has 2 aromatic heterocycles. The highest BCUT2D eigenvalue weighted by atomic mass is 35.5. The molecule has 0 radical (unpaired) electrons. The van der Waals surface area contributed by atoms with E-state index in [0.29, 0.717) is 10.9 Å². The smallest absolute Gasteiger partial charge is 0.264 e. The van der Waals surface area contributed by atoms with Crippen LogP contribution in [0.4, 0.5) is 0 Å². The van der Waals surface area contributed by atoms with Gasteiger partial charge in [-0.05, 0) is 12.1 Å². The Balaban J connectivity index is 2.26. The minimum atomic E-state index is -0.283. The number of nitrogens with zero attached hydrogens (tertiary/aromatic N) is 3. The summed E-state index contributed by atoms with van der Waals surface area (Å²) in [5.41, 5.74) is 0.202. The van der Waals surface area contributed by atoms with Crippen LogP contribution in [0.25, 0.3) is 0 Å². The van der Waals surface area contributed by atoms with Crippen LogP contribution >= 0.6 is 22.9 Å². The fourth-order valence-corrected chi connectivity index (χ4v) is 2.92. The van der Waals surface area contributed by atoms with E-state index < -0.39 is 0 Å². The number of aromatic nitrogens is 2. The Morgan fingerprint density at radius 2 is 1.90 bits per heavy atom. The van der Waals surface area contributed by atoms with Gasteiger partial charge in [-0.15, -0.1) is 11.3 Å². The Kier molecular flexibility index (Phi) is 4.98. The van der Waals surface area contributed by atoms with Gasteiger partial charge in [0.15, 0.2) is 5.56 Å². The van der Waals surface area contributed by atoms with E-state index in [2.05, 4.69) is 9.97 Å². The summed E-state index contributed by atoms with van der Waals surface area (Å²) >= 11 is 7.32. The van der Waals surface area contributed by atoms with Crippen molar-refractivity contribution in [2.24, 2.45) is 0 Å². The van der Waals surface area contributed by atoms with Gasteiger partial charge in [0.25, 0.3) is 5.91 Å². The van der Waals surface area contributed by atoms with Crippen LogP contribution in [-0.4, -0.2) is 42.0 Å². The van der Waals surface area contributed by atoms with E-state index in [1.54, 1.807) is 13.1 Å². The molecule has 0 aromatic carbocycles. The maximum atomic E-state index is 12.6. The lowest BCUT2D eigenvalue weighted by molar-refractivity contribution is 0.0777. The van der Waals surface area contributed by atoms with Gasteiger partial charge < -0.3 is 14.4 Å². The zero-order valence-corrected chi connectivity index (χ0v) is 13.4. The molecule has 2 rings (SSSR count). The Morgan fingerprint density at radius 1 is 1.29 bits per heavy atom. The van der Waals surface area contributed by atoms with Gasteiger partial charge in [-0.3, -0.25) is 4.79 Å². The molecule has 0 spiro atoms. The van der Waals surface area contributed by atoms with Crippen LogP contribution in [0.15, 0.2) is 18.5 Å². The fraction of sp³-hybridized carbons (Fsp3) is 0.308. The Hall–Kier alpha value is -1.86. The van der Waals surface area contributed by atoms with E-state index in [-0.39, 0.29) is 23.2 Å². The molecule has 0 aliphatic heterocycles. The van der Waals surface area contributed by atoms with Gasteiger partial charge in [-0.2, -0.15) is 0 Å². The van der Waals surface area contributed by atoms with Crippen molar-refractivity contribution in [1.82, 2.24) is 14.9 Å². The molecule has 1 amide bonds. The topological polar surface area (TPSA) is 64.6 Å². The number of hydrogen-bond acceptors (Lipinski definition) is 6. The van der Waals surface area contributed by atoms with Gasteiger partial charge in [-0.1, -0.05) is 11.6 Å². The third kappa shape index (κ3) is 3.43. The molecule has 2 heterocycles. The first-order chi connectivity index (χ1) is 10.1.